The quantitative estimate of drug-likeness (QED) is 0.539. The van der Waals surface area contributed by atoms with Gasteiger partial charge in [-0.05, 0) is 53.0 Å². The van der Waals surface area contributed by atoms with Gasteiger partial charge < -0.3 is 10.4 Å². The Morgan fingerprint density at radius 2 is 1.96 bits per heavy atom. The first kappa shape index (κ1) is 19.1. The molecule has 0 spiro atoms. The number of phenolic OH excluding ortho intramolecular Hbond substituents is 1. The van der Waals surface area contributed by atoms with Gasteiger partial charge in [-0.3, -0.25) is 4.79 Å². The lowest BCUT2D eigenvalue weighted by molar-refractivity contribution is 0.102. The van der Waals surface area contributed by atoms with Crippen molar-refractivity contribution >= 4 is 49.1 Å². The third-order valence-corrected chi connectivity index (χ3v) is 6.60. The van der Waals surface area contributed by atoms with Gasteiger partial charge in [0, 0.05) is 23.8 Å². The summed E-state index contributed by atoms with van der Waals surface area (Å²) in [6.45, 7) is 0.925. The van der Waals surface area contributed by atoms with Gasteiger partial charge in [0.2, 0.25) is 10.0 Å². The molecule has 2 heterocycles. The van der Waals surface area contributed by atoms with Crippen molar-refractivity contribution in [1.29, 1.82) is 0 Å². The first-order valence-corrected chi connectivity index (χ1v) is 10.4. The first-order chi connectivity index (χ1) is 12.3. The van der Waals surface area contributed by atoms with Crippen LogP contribution in [0.2, 0.25) is 5.15 Å². The van der Waals surface area contributed by atoms with E-state index in [0.29, 0.717) is 17.6 Å². The SMILES string of the molecule is O=C(Nc1cc(S(=O)(=O)N2CCCC2)ccc1O)c1cc(Br)cnc1Cl. The van der Waals surface area contributed by atoms with E-state index in [1.165, 1.54) is 34.8 Å². The number of carbonyl (C=O) groups is 1. The van der Waals surface area contributed by atoms with Crippen molar-refractivity contribution in [1.82, 2.24) is 9.29 Å². The smallest absolute Gasteiger partial charge is 0.258 e. The fraction of sp³-hybridized carbons (Fsp3) is 0.250. The van der Waals surface area contributed by atoms with Gasteiger partial charge in [0.05, 0.1) is 16.1 Å². The van der Waals surface area contributed by atoms with Crippen LogP contribution in [0.25, 0.3) is 0 Å². The Hall–Kier alpha value is -1.68. The highest BCUT2D eigenvalue weighted by atomic mass is 79.9. The predicted octanol–water partition coefficient (Wildman–Crippen LogP) is 3.24. The summed E-state index contributed by atoms with van der Waals surface area (Å²) in [6.07, 6.45) is 3.07. The van der Waals surface area contributed by atoms with Gasteiger partial charge in [-0.25, -0.2) is 13.4 Å². The minimum absolute atomic E-state index is 0.00552. The van der Waals surface area contributed by atoms with Gasteiger partial charge in [-0.1, -0.05) is 11.6 Å². The van der Waals surface area contributed by atoms with Crippen LogP contribution in [0.4, 0.5) is 5.69 Å². The van der Waals surface area contributed by atoms with Crippen LogP contribution in [-0.4, -0.2) is 41.8 Å². The van der Waals surface area contributed by atoms with Crippen molar-refractivity contribution < 1.29 is 18.3 Å². The van der Waals surface area contributed by atoms with Crippen LogP contribution in [0, 0.1) is 0 Å². The van der Waals surface area contributed by atoms with E-state index in [1.54, 1.807) is 0 Å². The summed E-state index contributed by atoms with van der Waals surface area (Å²) in [7, 11) is -3.67. The summed E-state index contributed by atoms with van der Waals surface area (Å²) in [5.74, 6) is -0.868. The fourth-order valence-electron chi connectivity index (χ4n) is 2.62. The maximum atomic E-state index is 12.6. The number of nitrogens with one attached hydrogen (secondary N) is 1. The highest BCUT2D eigenvalue weighted by Crippen LogP contribution is 2.30. The minimum atomic E-state index is -3.67. The molecule has 0 unspecified atom stereocenters. The fourth-order valence-corrected chi connectivity index (χ4v) is 4.69. The molecule has 0 bridgehead atoms. The van der Waals surface area contributed by atoms with E-state index in [1.807, 2.05) is 0 Å². The number of nitrogens with zero attached hydrogens (tertiary/aromatic N) is 2. The molecule has 0 saturated carbocycles. The lowest BCUT2D eigenvalue weighted by Crippen LogP contribution is -2.28. The van der Waals surface area contributed by atoms with E-state index >= 15 is 0 Å². The van der Waals surface area contributed by atoms with Crippen LogP contribution in [0.15, 0.2) is 39.8 Å². The van der Waals surface area contributed by atoms with Crippen LogP contribution in [0.1, 0.15) is 23.2 Å². The molecule has 1 fully saturated rings. The normalized spacial score (nSPS) is 15.2. The average Bonchev–Trinajstić information content (AvgIpc) is 3.14. The van der Waals surface area contributed by atoms with E-state index < -0.39 is 15.9 Å². The monoisotopic (exact) mass is 459 g/mol. The number of aromatic hydroxyl groups is 1. The van der Waals surface area contributed by atoms with Crippen molar-refractivity contribution in [3.8, 4) is 5.75 Å². The molecule has 7 nitrogen and oxygen atoms in total. The molecule has 138 valence electrons. The number of halogens is 2. The van der Waals surface area contributed by atoms with Crippen LogP contribution in [0.3, 0.4) is 0 Å². The Morgan fingerprint density at radius 3 is 2.65 bits per heavy atom. The number of anilines is 1. The van der Waals surface area contributed by atoms with Crippen molar-refractivity contribution in [3.63, 3.8) is 0 Å². The molecule has 1 aliphatic heterocycles. The standard InChI is InChI=1S/C16H15BrClN3O4S/c17-10-7-12(15(18)19-9-10)16(23)20-13-8-11(3-4-14(13)22)26(24,25)21-5-1-2-6-21/h3-4,7-9,22H,1-2,5-6H2,(H,20,23). The molecular weight excluding hydrogens is 446 g/mol. The highest BCUT2D eigenvalue weighted by molar-refractivity contribution is 9.10. The van der Waals surface area contributed by atoms with E-state index in [0.717, 1.165) is 12.8 Å². The van der Waals surface area contributed by atoms with Gasteiger partial charge >= 0.3 is 0 Å². The maximum absolute atomic E-state index is 12.6. The summed E-state index contributed by atoms with van der Waals surface area (Å²) >= 11 is 9.13. The second-order valence-electron chi connectivity index (χ2n) is 5.74. The summed E-state index contributed by atoms with van der Waals surface area (Å²) in [6, 6.07) is 5.26. The topological polar surface area (TPSA) is 99.6 Å². The number of pyridine rings is 1. The molecule has 0 aliphatic carbocycles. The molecule has 1 amide bonds. The zero-order valence-corrected chi connectivity index (χ0v) is 16.6. The Bertz CT molecular complexity index is 962. The molecule has 3 rings (SSSR count). The highest BCUT2D eigenvalue weighted by Gasteiger charge is 2.28. The number of benzene rings is 1. The Morgan fingerprint density at radius 1 is 1.27 bits per heavy atom. The number of hydrogen-bond acceptors (Lipinski definition) is 5. The summed E-state index contributed by atoms with van der Waals surface area (Å²) < 4.78 is 27.2. The second-order valence-corrected chi connectivity index (χ2v) is 8.95. The molecule has 0 radical (unpaired) electrons. The van der Waals surface area contributed by atoms with Gasteiger partial charge in [-0.15, -0.1) is 0 Å². The van der Waals surface area contributed by atoms with Crippen molar-refractivity contribution in [2.45, 2.75) is 17.7 Å². The Labute approximate surface area is 164 Å². The number of phenols is 1. The summed E-state index contributed by atoms with van der Waals surface area (Å²) in [5.41, 5.74) is 0.0690. The maximum Gasteiger partial charge on any atom is 0.258 e. The predicted molar refractivity (Wildman–Crippen MR) is 101 cm³/mol. The zero-order chi connectivity index (χ0) is 18.9. The Kier molecular flexibility index (Phi) is 5.52. The van der Waals surface area contributed by atoms with Gasteiger partial charge in [0.1, 0.15) is 10.9 Å². The molecule has 1 saturated heterocycles. The van der Waals surface area contributed by atoms with E-state index in [2.05, 4.69) is 26.2 Å². The number of amides is 1. The largest absolute Gasteiger partial charge is 0.506 e. The number of hydrogen-bond donors (Lipinski definition) is 2. The van der Waals surface area contributed by atoms with Crippen LogP contribution in [0.5, 0.6) is 5.75 Å². The van der Waals surface area contributed by atoms with Crippen molar-refractivity contribution in [2.24, 2.45) is 0 Å². The van der Waals surface area contributed by atoms with Crippen molar-refractivity contribution in [3.05, 3.63) is 45.7 Å². The third-order valence-electron chi connectivity index (χ3n) is 3.97. The minimum Gasteiger partial charge on any atom is -0.506 e. The number of sulfonamides is 1. The molecule has 26 heavy (non-hydrogen) atoms. The first-order valence-electron chi connectivity index (χ1n) is 7.74. The van der Waals surface area contributed by atoms with Crippen LogP contribution >= 0.6 is 27.5 Å². The molecule has 1 aliphatic rings. The Balaban J connectivity index is 1.91. The molecule has 2 aromatic rings. The van der Waals surface area contributed by atoms with Gasteiger partial charge in [0.15, 0.2) is 0 Å². The van der Waals surface area contributed by atoms with Gasteiger partial charge in [0.25, 0.3) is 5.91 Å². The summed E-state index contributed by atoms with van der Waals surface area (Å²) in [5, 5.41) is 12.5. The number of carbonyl (C=O) groups excluding carboxylic acids is 1. The van der Waals surface area contributed by atoms with E-state index in [9.17, 15) is 18.3 Å². The molecule has 1 aromatic carbocycles. The lowest BCUT2D eigenvalue weighted by atomic mass is 10.2. The van der Waals surface area contributed by atoms with Crippen molar-refractivity contribution in [2.75, 3.05) is 18.4 Å². The molecule has 0 atom stereocenters. The molecule has 2 N–H and O–H groups in total. The number of rotatable bonds is 4. The second kappa shape index (κ2) is 7.51. The number of aromatic nitrogens is 1. The van der Waals surface area contributed by atoms with E-state index in [4.69, 9.17) is 11.6 Å². The molecule has 10 heteroatoms. The van der Waals surface area contributed by atoms with Gasteiger partial charge in [-0.2, -0.15) is 4.31 Å². The lowest BCUT2D eigenvalue weighted by Gasteiger charge is -2.17. The zero-order valence-electron chi connectivity index (χ0n) is 13.4. The average molecular weight is 461 g/mol. The third kappa shape index (κ3) is 3.85. The van der Waals surface area contributed by atoms with Crippen LogP contribution < -0.4 is 5.32 Å². The molecular formula is C16H15BrClN3O4S. The molecule has 1 aromatic heterocycles. The van der Waals surface area contributed by atoms with Crippen LogP contribution in [-0.2, 0) is 10.0 Å². The summed E-state index contributed by atoms with van der Waals surface area (Å²) in [4.78, 5) is 16.3. The van der Waals surface area contributed by atoms with E-state index in [-0.39, 0.29) is 27.0 Å².